The molecule has 0 aliphatic heterocycles. The zero-order valence-corrected chi connectivity index (χ0v) is 10.0. The van der Waals surface area contributed by atoms with Crippen LogP contribution in [0.2, 0.25) is 0 Å². The second-order valence-corrected chi connectivity index (χ2v) is 4.58. The summed E-state index contributed by atoms with van der Waals surface area (Å²) in [7, 11) is -1.41. The molecule has 0 heterocycles. The largest absolute Gasteiger partial charge is 0.522 e. The third-order valence-corrected chi connectivity index (χ3v) is 1.93. The maximum atomic E-state index is 11.6. The quantitative estimate of drug-likeness (QED) is 0.353. The van der Waals surface area contributed by atoms with Gasteiger partial charge in [-0.1, -0.05) is 12.1 Å². The standard InChI is InChI=1S/C11H15BO5/c1-11(2,3)16-10(13)8-4-6-9(7-5-8)12(14)17-15/h4-7,14-15H,1-3H3. The zero-order valence-electron chi connectivity index (χ0n) is 10.0. The van der Waals surface area contributed by atoms with E-state index in [2.05, 4.69) is 4.81 Å². The lowest BCUT2D eigenvalue weighted by atomic mass is 9.80. The van der Waals surface area contributed by atoms with E-state index in [0.717, 1.165) is 0 Å². The van der Waals surface area contributed by atoms with Gasteiger partial charge in [-0.05, 0) is 38.4 Å². The molecule has 0 radical (unpaired) electrons. The van der Waals surface area contributed by atoms with Gasteiger partial charge < -0.3 is 9.76 Å². The van der Waals surface area contributed by atoms with E-state index in [1.165, 1.54) is 24.3 Å². The van der Waals surface area contributed by atoms with Gasteiger partial charge in [-0.25, -0.2) is 4.79 Å². The Morgan fingerprint density at radius 1 is 1.24 bits per heavy atom. The lowest BCUT2D eigenvalue weighted by Crippen LogP contribution is -2.32. The van der Waals surface area contributed by atoms with Crippen molar-refractivity contribution in [2.45, 2.75) is 26.4 Å². The van der Waals surface area contributed by atoms with Crippen LogP contribution in [0.3, 0.4) is 0 Å². The van der Waals surface area contributed by atoms with E-state index in [1.54, 1.807) is 20.8 Å². The van der Waals surface area contributed by atoms with Crippen molar-refractivity contribution >= 4 is 18.6 Å². The van der Waals surface area contributed by atoms with Crippen LogP contribution in [-0.4, -0.2) is 29.0 Å². The molecule has 0 unspecified atom stereocenters. The van der Waals surface area contributed by atoms with Crippen LogP contribution in [0.15, 0.2) is 24.3 Å². The fraction of sp³-hybridized carbons (Fsp3) is 0.364. The number of carbonyl (C=O) groups excluding carboxylic acids is 1. The number of benzene rings is 1. The second-order valence-electron chi connectivity index (χ2n) is 4.58. The molecule has 1 rings (SSSR count). The first-order valence-corrected chi connectivity index (χ1v) is 5.15. The highest BCUT2D eigenvalue weighted by Crippen LogP contribution is 2.11. The van der Waals surface area contributed by atoms with E-state index in [1.807, 2.05) is 0 Å². The van der Waals surface area contributed by atoms with Crippen molar-refractivity contribution in [2.75, 3.05) is 0 Å². The van der Waals surface area contributed by atoms with Crippen molar-refractivity contribution in [2.24, 2.45) is 0 Å². The number of carbonyl (C=O) groups is 1. The normalized spacial score (nSPS) is 11.1. The van der Waals surface area contributed by atoms with Crippen molar-refractivity contribution in [1.29, 1.82) is 0 Å². The Morgan fingerprint density at radius 3 is 2.18 bits per heavy atom. The van der Waals surface area contributed by atoms with E-state index in [4.69, 9.17) is 15.0 Å². The monoisotopic (exact) mass is 238 g/mol. The molecule has 92 valence electrons. The molecule has 5 nitrogen and oxygen atoms in total. The van der Waals surface area contributed by atoms with Crippen LogP contribution in [0.5, 0.6) is 0 Å². The number of hydrogen-bond acceptors (Lipinski definition) is 5. The van der Waals surface area contributed by atoms with Gasteiger partial charge in [0.15, 0.2) is 0 Å². The number of hydrogen-bond donors (Lipinski definition) is 2. The molecule has 0 saturated carbocycles. The Labute approximate surface area is 100 Å². The molecule has 0 saturated heterocycles. The summed E-state index contributed by atoms with van der Waals surface area (Å²) in [6.45, 7) is 5.34. The van der Waals surface area contributed by atoms with Gasteiger partial charge in [0, 0.05) is 0 Å². The van der Waals surface area contributed by atoms with E-state index in [9.17, 15) is 4.79 Å². The Kier molecular flexibility index (Phi) is 4.28. The summed E-state index contributed by atoms with van der Waals surface area (Å²) in [6, 6.07) is 5.93. The minimum atomic E-state index is -1.41. The van der Waals surface area contributed by atoms with Gasteiger partial charge >= 0.3 is 13.1 Å². The molecule has 0 spiro atoms. The number of esters is 1. The van der Waals surface area contributed by atoms with Crippen molar-refractivity contribution in [3.05, 3.63) is 29.8 Å². The molecular formula is C11H15BO5. The topological polar surface area (TPSA) is 76.0 Å². The lowest BCUT2D eigenvalue weighted by molar-refractivity contribution is -0.154. The fourth-order valence-corrected chi connectivity index (χ4v) is 1.18. The Hall–Kier alpha value is -1.37. The smallest absolute Gasteiger partial charge is 0.456 e. The van der Waals surface area contributed by atoms with Gasteiger partial charge in [0.1, 0.15) is 5.60 Å². The van der Waals surface area contributed by atoms with E-state index < -0.39 is 18.7 Å². The molecule has 2 N–H and O–H groups in total. The van der Waals surface area contributed by atoms with Crippen molar-refractivity contribution in [3.8, 4) is 0 Å². The summed E-state index contributed by atoms with van der Waals surface area (Å²) in [5, 5.41) is 17.4. The minimum absolute atomic E-state index is 0.347. The number of rotatable bonds is 3. The molecule has 0 atom stereocenters. The van der Waals surface area contributed by atoms with Crippen LogP contribution in [0, 0.1) is 0 Å². The second kappa shape index (κ2) is 5.31. The van der Waals surface area contributed by atoms with Gasteiger partial charge in [0.05, 0.1) is 5.56 Å². The molecule has 6 heteroatoms. The van der Waals surface area contributed by atoms with Crippen LogP contribution in [-0.2, 0) is 9.54 Å². The van der Waals surface area contributed by atoms with Gasteiger partial charge in [0.2, 0.25) is 0 Å². The molecule has 0 amide bonds. The summed E-state index contributed by atoms with van der Waals surface area (Å²) in [5.74, 6) is -0.441. The molecule has 17 heavy (non-hydrogen) atoms. The number of ether oxygens (including phenoxy) is 1. The van der Waals surface area contributed by atoms with Crippen LogP contribution < -0.4 is 5.46 Å². The molecule has 1 aromatic rings. The maximum absolute atomic E-state index is 11.6. The zero-order chi connectivity index (χ0) is 13.1. The molecule has 0 aliphatic carbocycles. The Bertz CT molecular complexity index is 382. The molecule has 0 fully saturated rings. The van der Waals surface area contributed by atoms with E-state index in [0.29, 0.717) is 11.0 Å². The maximum Gasteiger partial charge on any atom is 0.522 e. The first-order chi connectivity index (χ1) is 7.83. The molecule has 0 aliphatic rings. The average Bonchev–Trinajstić information content (AvgIpc) is 2.26. The third kappa shape index (κ3) is 4.18. The molecular weight excluding hydrogens is 223 g/mol. The predicted molar refractivity (Wildman–Crippen MR) is 62.9 cm³/mol. The van der Waals surface area contributed by atoms with Crippen LogP contribution in [0.25, 0.3) is 0 Å². The van der Waals surface area contributed by atoms with Gasteiger partial charge in [0.25, 0.3) is 0 Å². The highest BCUT2D eigenvalue weighted by atomic mass is 17.1. The highest BCUT2D eigenvalue weighted by molar-refractivity contribution is 6.59. The van der Waals surface area contributed by atoms with Crippen LogP contribution in [0.1, 0.15) is 31.1 Å². The SMILES string of the molecule is CC(C)(C)OC(=O)c1ccc(B(O)OO)cc1. The van der Waals surface area contributed by atoms with E-state index in [-0.39, 0.29) is 0 Å². The van der Waals surface area contributed by atoms with E-state index >= 15 is 0 Å². The van der Waals surface area contributed by atoms with Gasteiger partial charge in [-0.2, -0.15) is 0 Å². The lowest BCUT2D eigenvalue weighted by Gasteiger charge is -2.19. The van der Waals surface area contributed by atoms with Crippen molar-refractivity contribution < 1.29 is 24.6 Å². The minimum Gasteiger partial charge on any atom is -0.456 e. The summed E-state index contributed by atoms with van der Waals surface area (Å²) < 4.78 is 5.17. The molecule has 1 aromatic carbocycles. The fourth-order valence-electron chi connectivity index (χ4n) is 1.18. The summed E-state index contributed by atoms with van der Waals surface area (Å²) in [6.07, 6.45) is 0. The first kappa shape index (κ1) is 13.7. The van der Waals surface area contributed by atoms with Gasteiger partial charge in [-0.15, -0.1) is 0 Å². The molecule has 0 aromatic heterocycles. The average molecular weight is 238 g/mol. The highest BCUT2D eigenvalue weighted by Gasteiger charge is 2.20. The van der Waals surface area contributed by atoms with Crippen LogP contribution >= 0.6 is 0 Å². The Morgan fingerprint density at radius 2 is 1.76 bits per heavy atom. The summed E-state index contributed by atoms with van der Waals surface area (Å²) >= 11 is 0. The molecule has 0 bridgehead atoms. The van der Waals surface area contributed by atoms with Crippen molar-refractivity contribution in [1.82, 2.24) is 0 Å². The van der Waals surface area contributed by atoms with Gasteiger partial charge in [-0.3, -0.25) is 10.1 Å². The van der Waals surface area contributed by atoms with Crippen molar-refractivity contribution in [3.63, 3.8) is 0 Å². The summed E-state index contributed by atoms with van der Waals surface area (Å²) in [4.78, 5) is 15.4. The van der Waals surface area contributed by atoms with Crippen LogP contribution in [0.4, 0.5) is 0 Å². The predicted octanol–water partition coefficient (Wildman–Crippen LogP) is 0.819. The Balaban J connectivity index is 2.77. The third-order valence-electron chi connectivity index (χ3n) is 1.93. The summed E-state index contributed by atoms with van der Waals surface area (Å²) in [5.41, 5.74) is 0.164. The first-order valence-electron chi connectivity index (χ1n) is 5.15.